The van der Waals surface area contributed by atoms with Crippen LogP contribution in [0.1, 0.15) is 12.8 Å². The Morgan fingerprint density at radius 1 is 1.44 bits per heavy atom. The number of thioether (sulfide) groups is 1. The van der Waals surface area contributed by atoms with E-state index in [0.717, 1.165) is 21.7 Å². The summed E-state index contributed by atoms with van der Waals surface area (Å²) in [5.41, 5.74) is -0.0704. The third kappa shape index (κ3) is 2.95. The average molecular weight is 351 g/mol. The highest BCUT2D eigenvalue weighted by atomic mass is 79.9. The van der Waals surface area contributed by atoms with Crippen LogP contribution < -0.4 is 5.32 Å². The van der Waals surface area contributed by atoms with E-state index in [1.54, 1.807) is 23.9 Å². The largest absolute Gasteiger partial charge is 0.480 e. The lowest BCUT2D eigenvalue weighted by atomic mass is 9.92. The predicted octanol–water partition coefficient (Wildman–Crippen LogP) is 3.86. The molecule has 0 amide bonds. The Bertz CT molecular complexity index is 463. The number of hydrogen-bond donors (Lipinski definition) is 2. The number of carboxylic acid groups (broad SMARTS) is 1. The van der Waals surface area contributed by atoms with E-state index in [9.17, 15) is 9.90 Å². The molecular formula is C12H13BrClNO2S. The molecule has 2 rings (SSSR count). The van der Waals surface area contributed by atoms with Crippen LogP contribution >= 0.6 is 39.3 Å². The molecule has 1 fully saturated rings. The van der Waals surface area contributed by atoms with Gasteiger partial charge >= 0.3 is 5.97 Å². The van der Waals surface area contributed by atoms with Gasteiger partial charge in [-0.1, -0.05) is 11.6 Å². The Morgan fingerprint density at radius 3 is 2.67 bits per heavy atom. The number of anilines is 1. The molecule has 0 saturated carbocycles. The molecule has 2 N–H and O–H groups in total. The number of carbonyl (C=O) groups is 1. The van der Waals surface area contributed by atoms with Gasteiger partial charge in [-0.2, -0.15) is 11.8 Å². The van der Waals surface area contributed by atoms with Crippen LogP contribution in [0.15, 0.2) is 22.7 Å². The summed E-state index contributed by atoms with van der Waals surface area (Å²) in [5, 5.41) is 13.2. The van der Waals surface area contributed by atoms with Crippen LogP contribution in [-0.4, -0.2) is 28.1 Å². The molecule has 1 aromatic rings. The standard InChI is InChI=1S/C12H13BrClNO2S/c13-9-7-8(1-2-10(9)14)15-12(11(16)17)3-5-18-6-4-12/h1-2,7,15H,3-6H2,(H,16,17). The molecule has 3 nitrogen and oxygen atoms in total. The Labute approximate surface area is 123 Å². The highest BCUT2D eigenvalue weighted by Crippen LogP contribution is 2.33. The zero-order chi connectivity index (χ0) is 13.2. The van der Waals surface area contributed by atoms with Gasteiger partial charge in [0.05, 0.1) is 5.02 Å². The summed E-state index contributed by atoms with van der Waals surface area (Å²) in [5.74, 6) is 0.955. The fourth-order valence-electron chi connectivity index (χ4n) is 1.96. The Balaban J connectivity index is 2.23. The van der Waals surface area contributed by atoms with Gasteiger partial charge in [0, 0.05) is 10.2 Å². The molecule has 1 heterocycles. The number of halogens is 2. The lowest BCUT2D eigenvalue weighted by molar-refractivity contribution is -0.142. The molecule has 1 aromatic carbocycles. The highest BCUT2D eigenvalue weighted by molar-refractivity contribution is 9.10. The smallest absolute Gasteiger partial charge is 0.329 e. The first kappa shape index (κ1) is 14.0. The maximum absolute atomic E-state index is 11.5. The fraction of sp³-hybridized carbons (Fsp3) is 0.417. The minimum absolute atomic E-state index is 0.615. The second-order valence-corrected chi connectivity index (χ2v) is 6.74. The number of hydrogen-bond acceptors (Lipinski definition) is 3. The van der Waals surface area contributed by atoms with Crippen LogP contribution in [0, 0.1) is 0 Å². The average Bonchev–Trinajstić information content (AvgIpc) is 2.35. The summed E-state index contributed by atoms with van der Waals surface area (Å²) < 4.78 is 0.764. The zero-order valence-electron chi connectivity index (χ0n) is 9.58. The number of carboxylic acids is 1. The Kier molecular flexibility index (Phi) is 4.45. The number of benzene rings is 1. The third-order valence-electron chi connectivity index (χ3n) is 3.06. The van der Waals surface area contributed by atoms with Crippen molar-refractivity contribution >= 4 is 50.9 Å². The van der Waals surface area contributed by atoms with E-state index in [2.05, 4.69) is 21.2 Å². The van der Waals surface area contributed by atoms with E-state index in [0.29, 0.717) is 17.9 Å². The highest BCUT2D eigenvalue weighted by Gasteiger charge is 2.39. The van der Waals surface area contributed by atoms with Crippen molar-refractivity contribution in [2.45, 2.75) is 18.4 Å². The first-order valence-corrected chi connectivity index (χ1v) is 7.90. The van der Waals surface area contributed by atoms with Gasteiger partial charge in [0.1, 0.15) is 5.54 Å². The summed E-state index contributed by atoms with van der Waals surface area (Å²) in [6.07, 6.45) is 1.26. The molecule has 0 spiro atoms. The first-order chi connectivity index (χ1) is 8.53. The Hall–Kier alpha value is -0.390. The van der Waals surface area contributed by atoms with Gasteiger partial charge in [-0.3, -0.25) is 0 Å². The summed E-state index contributed by atoms with van der Waals surface area (Å²) in [6, 6.07) is 5.37. The number of aliphatic carboxylic acids is 1. The molecule has 1 aliphatic heterocycles. The van der Waals surface area contributed by atoms with Crippen LogP contribution in [0.2, 0.25) is 5.02 Å². The molecule has 0 aromatic heterocycles. The van der Waals surface area contributed by atoms with E-state index in [4.69, 9.17) is 11.6 Å². The van der Waals surface area contributed by atoms with Gasteiger partial charge in [-0.05, 0) is 58.5 Å². The fourth-order valence-corrected chi connectivity index (χ4v) is 3.65. The van der Waals surface area contributed by atoms with E-state index >= 15 is 0 Å². The van der Waals surface area contributed by atoms with Crippen LogP contribution in [-0.2, 0) is 4.79 Å². The SMILES string of the molecule is O=C(O)C1(Nc2ccc(Cl)c(Br)c2)CCSCC1. The van der Waals surface area contributed by atoms with Gasteiger partial charge in [0.15, 0.2) is 0 Å². The summed E-state index contributed by atoms with van der Waals surface area (Å²) >= 11 is 11.1. The molecule has 6 heteroatoms. The lowest BCUT2D eigenvalue weighted by Gasteiger charge is -2.34. The second-order valence-electron chi connectivity index (χ2n) is 4.25. The summed E-state index contributed by atoms with van der Waals surface area (Å²) in [4.78, 5) is 11.5. The molecule has 0 bridgehead atoms. The van der Waals surface area contributed by atoms with Gasteiger partial charge in [-0.15, -0.1) is 0 Å². The summed E-state index contributed by atoms with van der Waals surface area (Å²) in [6.45, 7) is 0. The van der Waals surface area contributed by atoms with Crippen molar-refractivity contribution < 1.29 is 9.90 Å². The molecule has 18 heavy (non-hydrogen) atoms. The third-order valence-corrected chi connectivity index (χ3v) is 5.26. The minimum atomic E-state index is -0.849. The maximum Gasteiger partial charge on any atom is 0.329 e. The van der Waals surface area contributed by atoms with E-state index in [1.807, 2.05) is 6.07 Å². The Morgan fingerprint density at radius 2 is 2.11 bits per heavy atom. The molecule has 0 radical (unpaired) electrons. The topological polar surface area (TPSA) is 49.3 Å². The number of nitrogens with one attached hydrogen (secondary N) is 1. The van der Waals surface area contributed by atoms with Crippen molar-refractivity contribution in [1.82, 2.24) is 0 Å². The monoisotopic (exact) mass is 349 g/mol. The quantitative estimate of drug-likeness (QED) is 0.869. The minimum Gasteiger partial charge on any atom is -0.480 e. The zero-order valence-corrected chi connectivity index (χ0v) is 12.7. The van der Waals surface area contributed by atoms with E-state index in [1.165, 1.54) is 0 Å². The number of rotatable bonds is 3. The lowest BCUT2D eigenvalue weighted by Crippen LogP contribution is -2.49. The van der Waals surface area contributed by atoms with Crippen molar-refractivity contribution in [1.29, 1.82) is 0 Å². The molecule has 0 atom stereocenters. The van der Waals surface area contributed by atoms with Crippen molar-refractivity contribution in [2.75, 3.05) is 16.8 Å². The first-order valence-electron chi connectivity index (χ1n) is 5.58. The maximum atomic E-state index is 11.5. The molecule has 98 valence electrons. The van der Waals surface area contributed by atoms with Crippen molar-refractivity contribution in [3.8, 4) is 0 Å². The van der Waals surface area contributed by atoms with Crippen LogP contribution in [0.4, 0.5) is 5.69 Å². The molecule has 1 saturated heterocycles. The van der Waals surface area contributed by atoms with Crippen molar-refractivity contribution in [2.24, 2.45) is 0 Å². The van der Waals surface area contributed by atoms with E-state index in [-0.39, 0.29) is 0 Å². The molecule has 0 unspecified atom stereocenters. The molecular weight excluding hydrogens is 338 g/mol. The summed E-state index contributed by atoms with van der Waals surface area (Å²) in [7, 11) is 0. The molecule has 0 aliphatic carbocycles. The van der Waals surface area contributed by atoms with Gasteiger partial charge in [0.25, 0.3) is 0 Å². The van der Waals surface area contributed by atoms with Crippen molar-refractivity contribution in [3.63, 3.8) is 0 Å². The van der Waals surface area contributed by atoms with Gasteiger partial charge in [-0.25, -0.2) is 4.79 Å². The van der Waals surface area contributed by atoms with Gasteiger partial charge in [0.2, 0.25) is 0 Å². The van der Waals surface area contributed by atoms with Crippen molar-refractivity contribution in [3.05, 3.63) is 27.7 Å². The van der Waals surface area contributed by atoms with Crippen LogP contribution in [0.25, 0.3) is 0 Å². The normalized spacial score (nSPS) is 18.3. The second kappa shape index (κ2) is 5.72. The van der Waals surface area contributed by atoms with E-state index < -0.39 is 11.5 Å². The van der Waals surface area contributed by atoms with Crippen LogP contribution in [0.3, 0.4) is 0 Å². The van der Waals surface area contributed by atoms with Crippen LogP contribution in [0.5, 0.6) is 0 Å². The molecule has 1 aliphatic rings. The van der Waals surface area contributed by atoms with Gasteiger partial charge < -0.3 is 10.4 Å². The predicted molar refractivity (Wildman–Crippen MR) is 79.7 cm³/mol.